The molecule has 0 spiro atoms. The van der Waals surface area contributed by atoms with Gasteiger partial charge in [0.2, 0.25) is 5.75 Å². The van der Waals surface area contributed by atoms with Crippen LogP contribution in [0.4, 0.5) is 0 Å². The Morgan fingerprint density at radius 2 is 0.818 bits per heavy atom. The fraction of sp³-hybridized carbons (Fsp3) is 0.846. The Labute approximate surface area is 263 Å². The molecule has 13 aliphatic rings. The van der Waals surface area contributed by atoms with Crippen LogP contribution in [0.1, 0.15) is 116 Å². The minimum atomic E-state index is -0.0554. The number of rotatable bonds is 9. The second-order valence-corrected chi connectivity index (χ2v) is 18.6. The zero-order valence-electron chi connectivity index (χ0n) is 26.6. The minimum Gasteiger partial charge on any atom is -0.487 e. The lowest BCUT2D eigenvalue weighted by Gasteiger charge is -2.57. The highest BCUT2D eigenvalue weighted by Gasteiger charge is 2.56. The first kappa shape index (κ1) is 26.4. The molecular weight excluding hydrogens is 548 g/mol. The maximum Gasteiger partial charge on any atom is 0.204 e. The van der Waals surface area contributed by atoms with E-state index in [2.05, 4.69) is 12.1 Å². The van der Waals surface area contributed by atoms with E-state index in [1.807, 2.05) is 0 Å². The van der Waals surface area contributed by atoms with Crippen LogP contribution in [0.5, 0.6) is 23.0 Å². The monoisotopic (exact) mass is 600 g/mol. The Bertz CT molecular complexity index is 1150. The lowest BCUT2D eigenvalue weighted by molar-refractivity contribution is -0.114. The van der Waals surface area contributed by atoms with Crippen molar-refractivity contribution in [1.29, 1.82) is 0 Å². The fourth-order valence-electron chi connectivity index (χ4n) is 14.4. The third kappa shape index (κ3) is 4.47. The van der Waals surface area contributed by atoms with Gasteiger partial charge in [0.15, 0.2) is 11.5 Å². The van der Waals surface area contributed by atoms with Gasteiger partial charge in [-0.25, -0.2) is 0 Å². The van der Waals surface area contributed by atoms with E-state index in [1.165, 1.54) is 116 Å². The van der Waals surface area contributed by atoms with Crippen molar-refractivity contribution in [3.05, 3.63) is 12.1 Å². The molecule has 0 radical (unpaired) electrons. The number of epoxide rings is 1. The molecule has 1 heterocycles. The number of ether oxygens (including phenoxy) is 5. The van der Waals surface area contributed by atoms with Crippen LogP contribution in [0.15, 0.2) is 12.1 Å². The van der Waals surface area contributed by atoms with Crippen LogP contribution < -0.4 is 18.9 Å². The average molecular weight is 601 g/mol. The first-order valence-electron chi connectivity index (χ1n) is 18.9. The standard InChI is InChI=1S/C39H52O5/c1-23-2-25-3-24(1)13-37(12-23,14-25)42-32-10-34(43-38-15-26-4-27(16-38)6-28(5-26)17-38)36(41-22-33-21-40-33)35(11-32)44-39-18-29-7-30(19-39)9-31(8-29)20-39/h10-11,23-31,33H,1-9,12-22H2. The van der Waals surface area contributed by atoms with Gasteiger partial charge in [0.05, 0.1) is 6.61 Å². The molecule has 12 saturated carbocycles. The Hall–Kier alpha value is -1.62. The molecule has 5 heteroatoms. The van der Waals surface area contributed by atoms with Crippen LogP contribution in [0.25, 0.3) is 0 Å². The smallest absolute Gasteiger partial charge is 0.204 e. The summed E-state index contributed by atoms with van der Waals surface area (Å²) >= 11 is 0. The largest absolute Gasteiger partial charge is 0.487 e. The van der Waals surface area contributed by atoms with Crippen molar-refractivity contribution in [3.63, 3.8) is 0 Å². The van der Waals surface area contributed by atoms with Gasteiger partial charge in [-0.2, -0.15) is 0 Å². The summed E-state index contributed by atoms with van der Waals surface area (Å²) in [7, 11) is 0. The second-order valence-electron chi connectivity index (χ2n) is 18.6. The van der Waals surface area contributed by atoms with Crippen LogP contribution in [0, 0.1) is 53.3 Å². The fourth-order valence-corrected chi connectivity index (χ4v) is 14.4. The van der Waals surface area contributed by atoms with Gasteiger partial charge < -0.3 is 23.7 Å². The summed E-state index contributed by atoms with van der Waals surface area (Å²) in [5.74, 6) is 11.2. The summed E-state index contributed by atoms with van der Waals surface area (Å²) in [5, 5.41) is 0. The molecular formula is C39H52O5. The summed E-state index contributed by atoms with van der Waals surface area (Å²) in [6, 6.07) is 4.49. The van der Waals surface area contributed by atoms with Gasteiger partial charge in [0, 0.05) is 12.1 Å². The molecule has 44 heavy (non-hydrogen) atoms. The predicted molar refractivity (Wildman–Crippen MR) is 166 cm³/mol. The maximum atomic E-state index is 7.40. The van der Waals surface area contributed by atoms with E-state index >= 15 is 0 Å². The van der Waals surface area contributed by atoms with Gasteiger partial charge in [-0.3, -0.25) is 0 Å². The van der Waals surface area contributed by atoms with E-state index in [-0.39, 0.29) is 22.9 Å². The third-order valence-electron chi connectivity index (χ3n) is 14.7. The first-order valence-corrected chi connectivity index (χ1v) is 18.9. The molecule has 12 aliphatic carbocycles. The molecule has 0 aromatic heterocycles. The van der Waals surface area contributed by atoms with Crippen LogP contribution >= 0.6 is 0 Å². The van der Waals surface area contributed by atoms with Gasteiger partial charge in [0.1, 0.15) is 35.3 Å². The molecule has 1 aliphatic heterocycles. The second kappa shape index (κ2) is 9.26. The topological polar surface area (TPSA) is 49.5 Å². The van der Waals surface area contributed by atoms with Crippen molar-refractivity contribution in [2.24, 2.45) is 53.3 Å². The van der Waals surface area contributed by atoms with Crippen LogP contribution in [0.2, 0.25) is 0 Å². The number of benzene rings is 1. The van der Waals surface area contributed by atoms with E-state index in [0.29, 0.717) is 6.61 Å². The molecule has 12 bridgehead atoms. The summed E-state index contributed by atoms with van der Waals surface area (Å²) < 4.78 is 34.4. The average Bonchev–Trinajstić information content (AvgIpc) is 3.74. The molecule has 5 nitrogen and oxygen atoms in total. The molecule has 1 aromatic carbocycles. The molecule has 238 valence electrons. The molecule has 1 unspecified atom stereocenters. The van der Waals surface area contributed by atoms with Crippen molar-refractivity contribution in [3.8, 4) is 23.0 Å². The molecule has 13 fully saturated rings. The van der Waals surface area contributed by atoms with E-state index in [9.17, 15) is 0 Å². The highest BCUT2D eigenvalue weighted by atomic mass is 16.6. The minimum absolute atomic E-state index is 0.00507. The zero-order chi connectivity index (χ0) is 28.7. The third-order valence-corrected chi connectivity index (χ3v) is 14.7. The summed E-state index contributed by atoms with van der Waals surface area (Å²) in [4.78, 5) is 0. The normalized spacial score (nSPS) is 51.5. The van der Waals surface area contributed by atoms with Gasteiger partial charge in [-0.1, -0.05) is 0 Å². The van der Waals surface area contributed by atoms with E-state index in [1.54, 1.807) is 0 Å². The lowest BCUT2D eigenvalue weighted by atomic mass is 9.54. The van der Waals surface area contributed by atoms with Crippen LogP contribution in [-0.4, -0.2) is 36.1 Å². The lowest BCUT2D eigenvalue weighted by Crippen LogP contribution is -2.54. The van der Waals surface area contributed by atoms with E-state index in [0.717, 1.165) is 82.9 Å². The van der Waals surface area contributed by atoms with Gasteiger partial charge in [-0.15, -0.1) is 0 Å². The molecule has 0 N–H and O–H groups in total. The maximum absolute atomic E-state index is 7.40. The zero-order valence-corrected chi connectivity index (χ0v) is 26.6. The van der Waals surface area contributed by atoms with E-state index < -0.39 is 0 Å². The van der Waals surface area contributed by atoms with Crippen molar-refractivity contribution in [2.75, 3.05) is 13.2 Å². The molecule has 1 atom stereocenters. The summed E-state index contributed by atoms with van der Waals surface area (Å²) in [6.07, 6.45) is 23.9. The Morgan fingerprint density at radius 1 is 0.500 bits per heavy atom. The number of hydrogen-bond acceptors (Lipinski definition) is 5. The quantitative estimate of drug-likeness (QED) is 0.266. The number of hydrogen-bond donors (Lipinski definition) is 0. The van der Waals surface area contributed by atoms with Gasteiger partial charge >= 0.3 is 0 Å². The Morgan fingerprint density at radius 3 is 1.14 bits per heavy atom. The molecule has 14 rings (SSSR count). The van der Waals surface area contributed by atoms with Crippen molar-refractivity contribution in [2.45, 2.75) is 138 Å². The predicted octanol–water partition coefficient (Wildman–Crippen LogP) is 8.51. The molecule has 0 amide bonds. The molecule has 1 saturated heterocycles. The summed E-state index contributed by atoms with van der Waals surface area (Å²) in [6.45, 7) is 1.37. The van der Waals surface area contributed by atoms with Crippen molar-refractivity contribution in [1.82, 2.24) is 0 Å². The van der Waals surface area contributed by atoms with Gasteiger partial charge in [0.25, 0.3) is 0 Å². The highest BCUT2D eigenvalue weighted by Crippen LogP contribution is 2.62. The summed E-state index contributed by atoms with van der Waals surface area (Å²) in [5.41, 5.74) is -0.116. The van der Waals surface area contributed by atoms with Crippen LogP contribution in [-0.2, 0) is 4.74 Å². The van der Waals surface area contributed by atoms with Crippen LogP contribution in [0.3, 0.4) is 0 Å². The van der Waals surface area contributed by atoms with E-state index in [4.69, 9.17) is 23.7 Å². The highest BCUT2D eigenvalue weighted by molar-refractivity contribution is 5.57. The Balaban J connectivity index is 0.988. The SMILES string of the molecule is c1c(OC23CC4CC(CC(C4)C2)C3)cc(OC23CC4CC(CC(C4)C2)C3)c(OCC2CO2)c1OC12CC3CC(CC(C3)C1)C2. The first-order chi connectivity index (χ1) is 21.4. The van der Waals surface area contributed by atoms with Crippen molar-refractivity contribution >= 4 is 0 Å². The van der Waals surface area contributed by atoms with Gasteiger partial charge in [-0.05, 0) is 169 Å². The van der Waals surface area contributed by atoms with Crippen molar-refractivity contribution < 1.29 is 23.7 Å². The Kier molecular flexibility index (Phi) is 5.56. The molecule has 1 aromatic rings.